The summed E-state index contributed by atoms with van der Waals surface area (Å²) in [6.45, 7) is 3.74. The van der Waals surface area contributed by atoms with Crippen LogP contribution in [0.15, 0.2) is 6.07 Å². The maximum Gasteiger partial charge on any atom is 0.257 e. The highest BCUT2D eigenvalue weighted by Crippen LogP contribution is 2.32. The Hall–Kier alpha value is -1.44. The van der Waals surface area contributed by atoms with Crippen LogP contribution < -0.4 is 5.32 Å². The van der Waals surface area contributed by atoms with Crippen LogP contribution in [0.25, 0.3) is 0 Å². The number of nitrogens with one attached hydrogen (secondary N) is 1. The van der Waals surface area contributed by atoms with E-state index >= 15 is 0 Å². The molecule has 0 radical (unpaired) electrons. The summed E-state index contributed by atoms with van der Waals surface area (Å²) >= 11 is 7.39. The summed E-state index contributed by atoms with van der Waals surface area (Å²) in [6.07, 6.45) is -0.332. The molecule has 2 rings (SSSR count). The summed E-state index contributed by atoms with van der Waals surface area (Å²) in [4.78, 5) is 13.1. The first-order chi connectivity index (χ1) is 10.3. The molecule has 2 heterocycles. The molecule has 0 aliphatic rings. The number of aryl methyl sites for hydroxylation is 3. The van der Waals surface area contributed by atoms with E-state index in [1.807, 2.05) is 13.0 Å². The minimum Gasteiger partial charge on any atom is -0.374 e. The SMILES string of the molecule is COC(CNC(=O)c1c(C)nn(C)c1F)c1sc(Cl)cc1C. The van der Waals surface area contributed by atoms with Crippen LogP contribution in [0.4, 0.5) is 4.39 Å². The number of rotatable bonds is 5. The Bertz CT molecular complexity index is 699. The summed E-state index contributed by atoms with van der Waals surface area (Å²) in [7, 11) is 3.01. The van der Waals surface area contributed by atoms with Crippen molar-refractivity contribution in [3.8, 4) is 0 Å². The molecule has 0 saturated heterocycles. The second-order valence-electron chi connectivity index (χ2n) is 4.91. The number of halogens is 2. The summed E-state index contributed by atoms with van der Waals surface area (Å²) in [6, 6.07) is 1.85. The summed E-state index contributed by atoms with van der Waals surface area (Å²) in [5.41, 5.74) is 1.31. The molecule has 1 amide bonds. The molecule has 1 N–H and O–H groups in total. The first-order valence-corrected chi connectivity index (χ1v) is 7.80. The molecule has 2 aromatic rings. The molecule has 2 aromatic heterocycles. The van der Waals surface area contributed by atoms with E-state index in [1.165, 1.54) is 18.4 Å². The highest BCUT2D eigenvalue weighted by atomic mass is 35.5. The third-order valence-electron chi connectivity index (χ3n) is 3.33. The summed E-state index contributed by atoms with van der Waals surface area (Å²) in [5, 5.41) is 6.57. The first-order valence-electron chi connectivity index (χ1n) is 6.61. The number of amides is 1. The van der Waals surface area contributed by atoms with Gasteiger partial charge in [-0.05, 0) is 25.5 Å². The molecule has 0 bridgehead atoms. The molecule has 0 aliphatic carbocycles. The van der Waals surface area contributed by atoms with Crippen LogP contribution in [0.2, 0.25) is 4.34 Å². The van der Waals surface area contributed by atoms with E-state index in [0.29, 0.717) is 10.0 Å². The lowest BCUT2D eigenvalue weighted by Gasteiger charge is -2.15. The molecule has 0 aliphatic heterocycles. The van der Waals surface area contributed by atoms with Crippen molar-refractivity contribution >= 4 is 28.8 Å². The first kappa shape index (κ1) is 16.9. The van der Waals surface area contributed by atoms with Gasteiger partial charge in [0.15, 0.2) is 0 Å². The van der Waals surface area contributed by atoms with Crippen LogP contribution in [-0.4, -0.2) is 29.3 Å². The fraction of sp³-hybridized carbons (Fsp3) is 0.429. The van der Waals surface area contributed by atoms with Gasteiger partial charge < -0.3 is 10.1 Å². The van der Waals surface area contributed by atoms with Gasteiger partial charge in [0.2, 0.25) is 5.95 Å². The number of carbonyl (C=O) groups is 1. The van der Waals surface area contributed by atoms with Gasteiger partial charge in [-0.2, -0.15) is 9.49 Å². The Morgan fingerprint density at radius 2 is 2.27 bits per heavy atom. The maximum absolute atomic E-state index is 13.9. The normalized spacial score (nSPS) is 12.5. The fourth-order valence-electron chi connectivity index (χ4n) is 2.22. The highest BCUT2D eigenvalue weighted by molar-refractivity contribution is 7.16. The van der Waals surface area contributed by atoms with Crippen molar-refractivity contribution in [3.63, 3.8) is 0 Å². The number of hydrogen-bond acceptors (Lipinski definition) is 4. The average molecular weight is 346 g/mol. The van der Waals surface area contributed by atoms with Crippen molar-refractivity contribution in [2.24, 2.45) is 7.05 Å². The number of nitrogens with zero attached hydrogens (tertiary/aromatic N) is 2. The van der Waals surface area contributed by atoms with Gasteiger partial charge in [0.1, 0.15) is 11.7 Å². The topological polar surface area (TPSA) is 56.1 Å². The van der Waals surface area contributed by atoms with Crippen molar-refractivity contribution in [1.82, 2.24) is 15.1 Å². The van der Waals surface area contributed by atoms with Crippen molar-refractivity contribution in [2.75, 3.05) is 13.7 Å². The van der Waals surface area contributed by atoms with Gasteiger partial charge in [0.25, 0.3) is 5.91 Å². The fourth-order valence-corrected chi connectivity index (χ4v) is 3.61. The molecule has 1 atom stereocenters. The summed E-state index contributed by atoms with van der Waals surface area (Å²) in [5.74, 6) is -1.16. The van der Waals surface area contributed by atoms with E-state index in [2.05, 4.69) is 10.4 Å². The van der Waals surface area contributed by atoms with Crippen LogP contribution in [0.1, 0.15) is 32.6 Å². The maximum atomic E-state index is 13.9. The van der Waals surface area contributed by atoms with E-state index in [1.54, 1.807) is 14.0 Å². The third-order valence-corrected chi connectivity index (χ3v) is 4.79. The molecule has 22 heavy (non-hydrogen) atoms. The van der Waals surface area contributed by atoms with Crippen LogP contribution in [0.3, 0.4) is 0 Å². The Kier molecular flexibility index (Phi) is 5.20. The van der Waals surface area contributed by atoms with Crippen LogP contribution in [0.5, 0.6) is 0 Å². The third kappa shape index (κ3) is 3.31. The van der Waals surface area contributed by atoms with E-state index in [-0.39, 0.29) is 18.2 Å². The molecule has 5 nitrogen and oxygen atoms in total. The lowest BCUT2D eigenvalue weighted by atomic mass is 10.2. The number of thiophene rings is 1. The molecule has 0 fully saturated rings. The standard InChI is InChI=1S/C14H17ClFN3O2S/c1-7-5-10(15)22-12(7)9(21-4)6-17-14(20)11-8(2)18-19(3)13(11)16/h5,9H,6H2,1-4H3,(H,17,20). The van der Waals surface area contributed by atoms with Gasteiger partial charge in [0.05, 0.1) is 10.0 Å². The average Bonchev–Trinajstić information content (AvgIpc) is 2.90. The lowest BCUT2D eigenvalue weighted by molar-refractivity contribution is 0.0832. The number of carbonyl (C=O) groups excluding carboxylic acids is 1. The molecular weight excluding hydrogens is 329 g/mol. The monoisotopic (exact) mass is 345 g/mol. The van der Waals surface area contributed by atoms with E-state index in [4.69, 9.17) is 16.3 Å². The van der Waals surface area contributed by atoms with Crippen LogP contribution in [0, 0.1) is 19.8 Å². The number of hydrogen-bond donors (Lipinski definition) is 1. The van der Waals surface area contributed by atoms with Gasteiger partial charge in [-0.25, -0.2) is 4.68 Å². The predicted molar refractivity (Wildman–Crippen MR) is 84.1 cm³/mol. The lowest BCUT2D eigenvalue weighted by Crippen LogP contribution is -2.30. The molecular formula is C14H17ClFN3O2S. The van der Waals surface area contributed by atoms with E-state index in [9.17, 15) is 9.18 Å². The Labute approximate surface area is 137 Å². The Morgan fingerprint density at radius 3 is 2.73 bits per heavy atom. The summed E-state index contributed by atoms with van der Waals surface area (Å²) < 4.78 is 21.0. The Balaban J connectivity index is 2.10. The highest BCUT2D eigenvalue weighted by Gasteiger charge is 2.22. The van der Waals surface area contributed by atoms with Gasteiger partial charge >= 0.3 is 0 Å². The number of ether oxygens (including phenoxy) is 1. The number of aromatic nitrogens is 2. The second kappa shape index (κ2) is 6.76. The molecule has 120 valence electrons. The van der Waals surface area contributed by atoms with Crippen molar-refractivity contribution in [2.45, 2.75) is 20.0 Å². The van der Waals surface area contributed by atoms with Gasteiger partial charge in [-0.1, -0.05) is 11.6 Å². The quantitative estimate of drug-likeness (QED) is 0.906. The van der Waals surface area contributed by atoms with E-state index in [0.717, 1.165) is 15.1 Å². The molecule has 8 heteroatoms. The molecule has 0 saturated carbocycles. The van der Waals surface area contributed by atoms with Gasteiger partial charge in [0, 0.05) is 25.6 Å². The zero-order valence-electron chi connectivity index (χ0n) is 12.7. The van der Waals surface area contributed by atoms with Gasteiger partial charge in [-0.15, -0.1) is 11.3 Å². The minimum atomic E-state index is -0.653. The van der Waals surface area contributed by atoms with Gasteiger partial charge in [-0.3, -0.25) is 4.79 Å². The van der Waals surface area contributed by atoms with Crippen LogP contribution in [-0.2, 0) is 11.8 Å². The number of methoxy groups -OCH3 is 1. The zero-order valence-corrected chi connectivity index (χ0v) is 14.3. The zero-order chi connectivity index (χ0) is 16.4. The molecule has 1 unspecified atom stereocenters. The van der Waals surface area contributed by atoms with Crippen molar-refractivity contribution < 1.29 is 13.9 Å². The molecule has 0 aromatic carbocycles. The second-order valence-corrected chi connectivity index (χ2v) is 6.62. The Morgan fingerprint density at radius 1 is 1.59 bits per heavy atom. The minimum absolute atomic E-state index is 0.0433. The van der Waals surface area contributed by atoms with Crippen molar-refractivity contribution in [3.05, 3.63) is 38.0 Å². The predicted octanol–water partition coefficient (Wildman–Crippen LogP) is 3.01. The van der Waals surface area contributed by atoms with Crippen LogP contribution >= 0.6 is 22.9 Å². The van der Waals surface area contributed by atoms with E-state index < -0.39 is 11.9 Å². The smallest absolute Gasteiger partial charge is 0.257 e. The largest absolute Gasteiger partial charge is 0.374 e. The molecule has 0 spiro atoms. The van der Waals surface area contributed by atoms with Crippen molar-refractivity contribution in [1.29, 1.82) is 0 Å².